The zero-order valence-electron chi connectivity index (χ0n) is 8.58. The molecule has 0 amide bonds. The number of aliphatic hydroxyl groups excluding tert-OH is 1. The van der Waals surface area contributed by atoms with Crippen molar-refractivity contribution < 1.29 is 10.2 Å². The highest BCUT2D eigenvalue weighted by Crippen LogP contribution is 2.28. The van der Waals surface area contributed by atoms with Crippen LogP contribution in [0.3, 0.4) is 0 Å². The highest BCUT2D eigenvalue weighted by atomic mass is 35.5. The van der Waals surface area contributed by atoms with Crippen LogP contribution in [0.1, 0.15) is 31.1 Å². The van der Waals surface area contributed by atoms with Crippen LogP contribution >= 0.6 is 11.6 Å². The maximum atomic E-state index is 9.76. The summed E-state index contributed by atoms with van der Waals surface area (Å²) in [5, 5.41) is 20.0. The molecule has 0 saturated heterocycles. The minimum absolute atomic E-state index is 0.603. The van der Waals surface area contributed by atoms with Crippen LogP contribution in [0.2, 0.25) is 5.02 Å². The zero-order valence-corrected chi connectivity index (χ0v) is 9.34. The molecule has 0 spiro atoms. The number of rotatable bonds is 2. The molecular weight excluding hydrogens is 200 g/mol. The van der Waals surface area contributed by atoms with Gasteiger partial charge < -0.3 is 10.2 Å². The minimum Gasteiger partial charge on any atom is -0.387 e. The quantitative estimate of drug-likeness (QED) is 0.794. The topological polar surface area (TPSA) is 40.5 Å². The van der Waals surface area contributed by atoms with Gasteiger partial charge in [0, 0.05) is 5.02 Å². The third kappa shape index (κ3) is 2.47. The van der Waals surface area contributed by atoms with Crippen LogP contribution in [-0.4, -0.2) is 15.8 Å². The Bertz CT molecular complexity index is 329. The predicted molar refractivity (Wildman–Crippen MR) is 57.4 cm³/mol. The molecule has 0 aliphatic carbocycles. The average Bonchev–Trinajstić information content (AvgIpc) is 2.07. The van der Waals surface area contributed by atoms with Crippen molar-refractivity contribution in [2.24, 2.45) is 0 Å². The molecule has 3 heteroatoms. The Morgan fingerprint density at radius 3 is 2.36 bits per heavy atom. The van der Waals surface area contributed by atoms with Gasteiger partial charge >= 0.3 is 0 Å². The smallest absolute Gasteiger partial charge is 0.107 e. The summed E-state index contributed by atoms with van der Waals surface area (Å²) >= 11 is 5.92. The fourth-order valence-electron chi connectivity index (χ4n) is 1.19. The van der Waals surface area contributed by atoms with Gasteiger partial charge in [-0.25, -0.2) is 0 Å². The molecule has 0 aromatic heterocycles. The second kappa shape index (κ2) is 3.89. The maximum absolute atomic E-state index is 9.76. The molecule has 0 radical (unpaired) electrons. The van der Waals surface area contributed by atoms with Gasteiger partial charge in [0.05, 0.1) is 5.60 Å². The Labute approximate surface area is 89.1 Å². The lowest BCUT2D eigenvalue weighted by Crippen LogP contribution is -2.28. The summed E-state index contributed by atoms with van der Waals surface area (Å²) in [6.45, 7) is 5.01. The number of halogens is 1. The van der Waals surface area contributed by atoms with Crippen LogP contribution < -0.4 is 0 Å². The molecular formula is C11H15ClO2. The van der Waals surface area contributed by atoms with E-state index >= 15 is 0 Å². The van der Waals surface area contributed by atoms with Crippen molar-refractivity contribution in [2.45, 2.75) is 32.5 Å². The standard InChI is InChI=1S/C11H15ClO2/c1-7-4-5-8(6-9(7)12)10(13)11(2,3)14/h4-6,10,13-14H,1-3H3. The Morgan fingerprint density at radius 1 is 1.36 bits per heavy atom. The summed E-state index contributed by atoms with van der Waals surface area (Å²) in [7, 11) is 0. The van der Waals surface area contributed by atoms with Crippen LogP contribution in [0.4, 0.5) is 0 Å². The SMILES string of the molecule is Cc1ccc(C(O)C(C)(C)O)cc1Cl. The van der Waals surface area contributed by atoms with Crippen molar-refractivity contribution in [1.82, 2.24) is 0 Å². The van der Waals surface area contributed by atoms with Crippen LogP contribution in [0.15, 0.2) is 18.2 Å². The molecule has 0 bridgehead atoms. The van der Waals surface area contributed by atoms with Crippen molar-refractivity contribution in [2.75, 3.05) is 0 Å². The molecule has 0 saturated carbocycles. The van der Waals surface area contributed by atoms with Crippen LogP contribution in [0.5, 0.6) is 0 Å². The van der Waals surface area contributed by atoms with Crippen LogP contribution in [-0.2, 0) is 0 Å². The molecule has 1 aromatic carbocycles. The lowest BCUT2D eigenvalue weighted by molar-refractivity contribution is -0.0496. The Balaban J connectivity index is 3.03. The van der Waals surface area contributed by atoms with Crippen molar-refractivity contribution in [3.63, 3.8) is 0 Å². The summed E-state index contributed by atoms with van der Waals surface area (Å²) in [4.78, 5) is 0. The van der Waals surface area contributed by atoms with E-state index in [1.54, 1.807) is 26.0 Å². The molecule has 1 rings (SSSR count). The van der Waals surface area contributed by atoms with Crippen molar-refractivity contribution in [3.8, 4) is 0 Å². The van der Waals surface area contributed by atoms with E-state index in [0.29, 0.717) is 10.6 Å². The molecule has 14 heavy (non-hydrogen) atoms. The van der Waals surface area contributed by atoms with Gasteiger partial charge in [0.25, 0.3) is 0 Å². The van der Waals surface area contributed by atoms with Gasteiger partial charge in [-0.05, 0) is 38.0 Å². The predicted octanol–water partition coefficient (Wildman–Crippen LogP) is 2.45. The number of hydrogen-bond acceptors (Lipinski definition) is 2. The second-order valence-electron chi connectivity index (χ2n) is 4.06. The van der Waals surface area contributed by atoms with E-state index in [-0.39, 0.29) is 0 Å². The molecule has 2 nitrogen and oxygen atoms in total. The van der Waals surface area contributed by atoms with Gasteiger partial charge in [0.2, 0.25) is 0 Å². The minimum atomic E-state index is -1.15. The Kier molecular flexibility index (Phi) is 3.20. The summed E-state index contributed by atoms with van der Waals surface area (Å²) in [6, 6.07) is 5.27. The third-order valence-electron chi connectivity index (χ3n) is 2.18. The molecule has 0 fully saturated rings. The first-order valence-electron chi connectivity index (χ1n) is 4.49. The summed E-state index contributed by atoms with van der Waals surface area (Å²) in [5.41, 5.74) is 0.435. The third-order valence-corrected chi connectivity index (χ3v) is 2.59. The molecule has 1 unspecified atom stereocenters. The van der Waals surface area contributed by atoms with Gasteiger partial charge in [0.1, 0.15) is 6.10 Å². The van der Waals surface area contributed by atoms with Gasteiger partial charge in [-0.2, -0.15) is 0 Å². The van der Waals surface area contributed by atoms with E-state index in [9.17, 15) is 10.2 Å². The summed E-state index contributed by atoms with van der Waals surface area (Å²) in [5.74, 6) is 0. The highest BCUT2D eigenvalue weighted by Gasteiger charge is 2.26. The van der Waals surface area contributed by atoms with Crippen molar-refractivity contribution >= 4 is 11.6 Å². The number of benzene rings is 1. The van der Waals surface area contributed by atoms with Crippen LogP contribution in [0.25, 0.3) is 0 Å². The van der Waals surface area contributed by atoms with E-state index < -0.39 is 11.7 Å². The number of aryl methyl sites for hydroxylation is 1. The van der Waals surface area contributed by atoms with Crippen molar-refractivity contribution in [1.29, 1.82) is 0 Å². The molecule has 0 heterocycles. The van der Waals surface area contributed by atoms with Gasteiger partial charge in [-0.1, -0.05) is 23.7 Å². The number of hydrogen-bond donors (Lipinski definition) is 2. The average molecular weight is 215 g/mol. The maximum Gasteiger partial charge on any atom is 0.107 e. The summed E-state index contributed by atoms with van der Waals surface area (Å²) < 4.78 is 0. The first kappa shape index (κ1) is 11.5. The lowest BCUT2D eigenvalue weighted by Gasteiger charge is -2.25. The molecule has 1 atom stereocenters. The van der Waals surface area contributed by atoms with E-state index in [0.717, 1.165) is 5.56 Å². The van der Waals surface area contributed by atoms with E-state index in [1.165, 1.54) is 0 Å². The molecule has 1 aromatic rings. The number of aliphatic hydroxyl groups is 2. The normalized spacial score (nSPS) is 14.1. The lowest BCUT2D eigenvalue weighted by atomic mass is 9.94. The largest absolute Gasteiger partial charge is 0.387 e. The highest BCUT2D eigenvalue weighted by molar-refractivity contribution is 6.31. The van der Waals surface area contributed by atoms with Crippen LogP contribution in [0, 0.1) is 6.92 Å². The summed E-state index contributed by atoms with van der Waals surface area (Å²) in [6.07, 6.45) is -0.916. The molecule has 0 aliphatic heterocycles. The van der Waals surface area contributed by atoms with E-state index in [4.69, 9.17) is 11.6 Å². The molecule has 2 N–H and O–H groups in total. The zero-order chi connectivity index (χ0) is 10.9. The monoisotopic (exact) mass is 214 g/mol. The second-order valence-corrected chi connectivity index (χ2v) is 4.47. The first-order chi connectivity index (χ1) is 6.32. The van der Waals surface area contributed by atoms with Crippen molar-refractivity contribution in [3.05, 3.63) is 34.3 Å². The van der Waals surface area contributed by atoms with E-state index in [2.05, 4.69) is 0 Å². The van der Waals surface area contributed by atoms with Gasteiger partial charge in [-0.15, -0.1) is 0 Å². The van der Waals surface area contributed by atoms with Gasteiger partial charge in [0.15, 0.2) is 0 Å². The van der Waals surface area contributed by atoms with Gasteiger partial charge in [-0.3, -0.25) is 0 Å². The fourth-order valence-corrected chi connectivity index (χ4v) is 1.38. The Morgan fingerprint density at radius 2 is 1.93 bits per heavy atom. The Hall–Kier alpha value is -0.570. The molecule has 0 aliphatic rings. The van der Waals surface area contributed by atoms with E-state index in [1.807, 2.05) is 13.0 Å². The fraction of sp³-hybridized carbons (Fsp3) is 0.455. The first-order valence-corrected chi connectivity index (χ1v) is 4.86. The molecule has 78 valence electrons.